The molecule has 1 aromatic carbocycles. The number of carbonyl (C=O) groups excluding carboxylic acids is 2. The highest BCUT2D eigenvalue weighted by Crippen LogP contribution is 2.13. The van der Waals surface area contributed by atoms with Gasteiger partial charge in [0.05, 0.1) is 19.6 Å². The topological polar surface area (TPSA) is 55.8 Å². The van der Waals surface area contributed by atoms with Crippen LogP contribution in [0.1, 0.15) is 32.3 Å². The summed E-state index contributed by atoms with van der Waals surface area (Å²) in [4.78, 5) is 25.3. The molecule has 5 nitrogen and oxygen atoms in total. The Bertz CT molecular complexity index is 578. The lowest BCUT2D eigenvalue weighted by Gasteiger charge is -2.18. The van der Waals surface area contributed by atoms with E-state index in [4.69, 9.17) is 9.47 Å². The second-order valence-corrected chi connectivity index (χ2v) is 5.38. The number of nitrogens with zero attached hydrogens (tertiary/aromatic N) is 1. The number of hydrogen-bond acceptors (Lipinski definition) is 4. The maximum absolute atomic E-state index is 12.3. The molecule has 0 radical (unpaired) electrons. The van der Waals surface area contributed by atoms with Crippen LogP contribution in [0.4, 0.5) is 0 Å². The average molecular weight is 345 g/mol. The lowest BCUT2D eigenvalue weighted by Crippen LogP contribution is -2.32. The van der Waals surface area contributed by atoms with E-state index in [1.165, 1.54) is 6.08 Å². The standard InChI is InChI=1S/C20H27NO4/c1-4-14-21(15-13-20(23)24-6-3)19(22)12-9-17-7-10-18(11-8-17)25-16-5-2/h4,7-12H,1,5-6,13-16H2,2-3H3/b12-9+. The van der Waals surface area contributed by atoms with Crippen molar-refractivity contribution in [2.45, 2.75) is 26.7 Å². The molecule has 136 valence electrons. The molecule has 0 atom stereocenters. The van der Waals surface area contributed by atoms with Gasteiger partial charge in [-0.2, -0.15) is 0 Å². The van der Waals surface area contributed by atoms with Gasteiger partial charge in [0.15, 0.2) is 0 Å². The molecule has 0 heterocycles. The molecule has 0 N–H and O–H groups in total. The summed E-state index contributed by atoms with van der Waals surface area (Å²) in [7, 11) is 0. The minimum absolute atomic E-state index is 0.171. The van der Waals surface area contributed by atoms with Gasteiger partial charge in [0, 0.05) is 19.2 Å². The number of hydrogen-bond donors (Lipinski definition) is 0. The van der Waals surface area contributed by atoms with E-state index < -0.39 is 0 Å². The number of amides is 1. The van der Waals surface area contributed by atoms with Gasteiger partial charge in [-0.05, 0) is 37.1 Å². The molecule has 0 spiro atoms. The Morgan fingerprint density at radius 2 is 1.92 bits per heavy atom. The predicted molar refractivity (Wildman–Crippen MR) is 99.3 cm³/mol. The lowest BCUT2D eigenvalue weighted by molar-refractivity contribution is -0.143. The molecule has 0 aliphatic rings. The van der Waals surface area contributed by atoms with Crippen LogP contribution < -0.4 is 4.74 Å². The molecule has 1 aromatic rings. The van der Waals surface area contributed by atoms with Crippen molar-refractivity contribution in [1.82, 2.24) is 4.90 Å². The molecular formula is C20H27NO4. The molecule has 0 fully saturated rings. The zero-order chi connectivity index (χ0) is 18.5. The Morgan fingerprint density at radius 3 is 2.52 bits per heavy atom. The minimum atomic E-state index is -0.309. The largest absolute Gasteiger partial charge is 0.494 e. The van der Waals surface area contributed by atoms with Crippen molar-refractivity contribution in [3.8, 4) is 5.75 Å². The van der Waals surface area contributed by atoms with Crippen LogP contribution in [0.15, 0.2) is 43.0 Å². The zero-order valence-electron chi connectivity index (χ0n) is 15.1. The van der Waals surface area contributed by atoms with Gasteiger partial charge in [-0.15, -0.1) is 6.58 Å². The fourth-order valence-electron chi connectivity index (χ4n) is 2.07. The molecule has 0 aliphatic heterocycles. The number of ether oxygens (including phenoxy) is 2. The molecule has 0 saturated heterocycles. The molecular weight excluding hydrogens is 318 g/mol. The summed E-state index contributed by atoms with van der Waals surface area (Å²) in [5, 5.41) is 0. The zero-order valence-corrected chi connectivity index (χ0v) is 15.1. The van der Waals surface area contributed by atoms with E-state index in [0.29, 0.717) is 26.3 Å². The third-order valence-electron chi connectivity index (χ3n) is 3.32. The number of rotatable bonds is 11. The van der Waals surface area contributed by atoms with Crippen molar-refractivity contribution < 1.29 is 19.1 Å². The van der Waals surface area contributed by atoms with Crippen LogP contribution in [0.25, 0.3) is 6.08 Å². The van der Waals surface area contributed by atoms with Crippen molar-refractivity contribution in [3.05, 3.63) is 48.6 Å². The van der Waals surface area contributed by atoms with E-state index in [-0.39, 0.29) is 18.3 Å². The summed E-state index contributed by atoms with van der Waals surface area (Å²) in [6, 6.07) is 7.54. The molecule has 0 aliphatic carbocycles. The van der Waals surface area contributed by atoms with Crippen LogP contribution in [0.5, 0.6) is 5.75 Å². The fraction of sp³-hybridized carbons (Fsp3) is 0.400. The van der Waals surface area contributed by atoms with Crippen LogP contribution in [0.3, 0.4) is 0 Å². The summed E-state index contributed by atoms with van der Waals surface area (Å²) in [5.41, 5.74) is 0.904. The number of benzene rings is 1. The first-order valence-corrected chi connectivity index (χ1v) is 8.57. The van der Waals surface area contributed by atoms with Crippen LogP contribution >= 0.6 is 0 Å². The highest BCUT2D eigenvalue weighted by Gasteiger charge is 2.11. The molecule has 25 heavy (non-hydrogen) atoms. The minimum Gasteiger partial charge on any atom is -0.494 e. The van der Waals surface area contributed by atoms with E-state index in [1.54, 1.807) is 24.0 Å². The Balaban J connectivity index is 2.60. The van der Waals surface area contributed by atoms with Gasteiger partial charge >= 0.3 is 5.97 Å². The van der Waals surface area contributed by atoms with Gasteiger partial charge in [0.25, 0.3) is 0 Å². The Morgan fingerprint density at radius 1 is 1.20 bits per heavy atom. The van der Waals surface area contributed by atoms with Gasteiger partial charge < -0.3 is 14.4 Å². The molecule has 0 aromatic heterocycles. The monoisotopic (exact) mass is 345 g/mol. The Hall–Kier alpha value is -2.56. The second-order valence-electron chi connectivity index (χ2n) is 5.38. The molecule has 0 saturated carbocycles. The van der Waals surface area contributed by atoms with Crippen molar-refractivity contribution in [3.63, 3.8) is 0 Å². The summed E-state index contributed by atoms with van der Waals surface area (Å²) in [5.74, 6) is 0.333. The lowest BCUT2D eigenvalue weighted by atomic mass is 10.2. The third kappa shape index (κ3) is 8.20. The number of carbonyl (C=O) groups is 2. The predicted octanol–water partition coefficient (Wildman–Crippen LogP) is 3.46. The third-order valence-corrected chi connectivity index (χ3v) is 3.32. The van der Waals surface area contributed by atoms with Gasteiger partial charge in [-0.25, -0.2) is 0 Å². The molecule has 5 heteroatoms. The van der Waals surface area contributed by atoms with Crippen molar-refractivity contribution in [2.75, 3.05) is 26.3 Å². The van der Waals surface area contributed by atoms with Gasteiger partial charge in [-0.1, -0.05) is 25.1 Å². The van der Waals surface area contributed by atoms with Crippen LogP contribution in [0.2, 0.25) is 0 Å². The van der Waals surface area contributed by atoms with Gasteiger partial charge in [0.2, 0.25) is 5.91 Å². The highest BCUT2D eigenvalue weighted by atomic mass is 16.5. The molecule has 0 bridgehead atoms. The summed E-state index contributed by atoms with van der Waals surface area (Å²) < 4.78 is 10.4. The smallest absolute Gasteiger partial charge is 0.307 e. The van der Waals surface area contributed by atoms with E-state index in [0.717, 1.165) is 17.7 Å². The maximum atomic E-state index is 12.3. The Kier molecular flexibility index (Phi) is 9.75. The van der Waals surface area contributed by atoms with Gasteiger partial charge in [-0.3, -0.25) is 9.59 Å². The fourth-order valence-corrected chi connectivity index (χ4v) is 2.07. The highest BCUT2D eigenvalue weighted by molar-refractivity contribution is 5.92. The van der Waals surface area contributed by atoms with Crippen LogP contribution in [-0.4, -0.2) is 43.1 Å². The van der Waals surface area contributed by atoms with Crippen LogP contribution in [0, 0.1) is 0 Å². The summed E-state index contributed by atoms with van der Waals surface area (Å²) in [6.07, 6.45) is 6.01. The van der Waals surface area contributed by atoms with Crippen molar-refractivity contribution in [2.24, 2.45) is 0 Å². The first-order valence-electron chi connectivity index (χ1n) is 8.57. The molecule has 1 amide bonds. The number of esters is 1. The molecule has 0 unspecified atom stereocenters. The Labute approximate surface area is 149 Å². The SMILES string of the molecule is C=CCN(CCC(=O)OCC)C(=O)/C=C/c1ccc(OCCC)cc1. The first kappa shape index (κ1) is 20.5. The van der Waals surface area contributed by atoms with E-state index in [2.05, 4.69) is 13.5 Å². The molecule has 1 rings (SSSR count). The normalized spacial score (nSPS) is 10.5. The van der Waals surface area contributed by atoms with E-state index >= 15 is 0 Å². The van der Waals surface area contributed by atoms with E-state index in [9.17, 15) is 9.59 Å². The second kappa shape index (κ2) is 11.9. The average Bonchev–Trinajstić information content (AvgIpc) is 2.62. The van der Waals surface area contributed by atoms with Crippen molar-refractivity contribution >= 4 is 18.0 Å². The van der Waals surface area contributed by atoms with Crippen molar-refractivity contribution in [1.29, 1.82) is 0 Å². The van der Waals surface area contributed by atoms with Gasteiger partial charge in [0.1, 0.15) is 5.75 Å². The van der Waals surface area contributed by atoms with Crippen LogP contribution in [-0.2, 0) is 14.3 Å². The maximum Gasteiger partial charge on any atom is 0.307 e. The van der Waals surface area contributed by atoms with E-state index in [1.807, 2.05) is 24.3 Å². The quantitative estimate of drug-likeness (QED) is 0.350. The summed E-state index contributed by atoms with van der Waals surface area (Å²) >= 11 is 0. The first-order chi connectivity index (χ1) is 12.1. The summed E-state index contributed by atoms with van der Waals surface area (Å²) in [6.45, 7) is 9.17.